The Kier molecular flexibility index (Phi) is 5.13. The predicted molar refractivity (Wildman–Crippen MR) is 56.3 cm³/mol. The molecular formula is C8H10BrClN2. The molecule has 66 valence electrons. The molecule has 2 nitrogen and oxygen atoms in total. The van der Waals surface area contributed by atoms with Crippen LogP contribution in [-0.2, 0) is 0 Å². The smallest absolute Gasteiger partial charge is 0.106 e. The highest BCUT2D eigenvalue weighted by molar-refractivity contribution is 9.10. The predicted octanol–water partition coefficient (Wildman–Crippen LogP) is 2.45. The zero-order chi connectivity index (χ0) is 8.27. The van der Waals surface area contributed by atoms with Crippen LogP contribution in [-0.4, -0.2) is 4.98 Å². The Morgan fingerprint density at radius 2 is 2.25 bits per heavy atom. The average Bonchev–Trinajstić information content (AvgIpc) is 2.05. The molecule has 0 spiro atoms. The molecule has 0 fully saturated rings. The molecule has 1 heterocycles. The summed E-state index contributed by atoms with van der Waals surface area (Å²) >= 11 is 3.24. The second-order valence-electron chi connectivity index (χ2n) is 2.18. The van der Waals surface area contributed by atoms with E-state index in [-0.39, 0.29) is 18.4 Å². The molecule has 0 saturated heterocycles. The number of hydrogen-bond donors (Lipinski definition) is 1. The third-order valence-corrected chi connectivity index (χ3v) is 1.86. The van der Waals surface area contributed by atoms with Crippen molar-refractivity contribution in [3.8, 4) is 0 Å². The minimum absolute atomic E-state index is 0. The van der Waals surface area contributed by atoms with Gasteiger partial charge in [0.15, 0.2) is 0 Å². The largest absolute Gasteiger partial charge is 0.321 e. The van der Waals surface area contributed by atoms with Gasteiger partial charge in [0.05, 0.1) is 0 Å². The molecule has 0 unspecified atom stereocenters. The monoisotopic (exact) mass is 248 g/mol. The second kappa shape index (κ2) is 5.30. The van der Waals surface area contributed by atoms with Crippen LogP contribution in [0, 0.1) is 0 Å². The van der Waals surface area contributed by atoms with Crippen molar-refractivity contribution >= 4 is 28.3 Å². The standard InChI is InChI=1S/C8H9BrN2.ClH/c1-2-7(10)6-3-4-8(9)11-5-6;/h2-5,7H,1,10H2;1H/t7-;/m1./s1. The Morgan fingerprint density at radius 3 is 2.67 bits per heavy atom. The van der Waals surface area contributed by atoms with Gasteiger partial charge in [0.2, 0.25) is 0 Å². The Bertz CT molecular complexity index is 248. The zero-order valence-corrected chi connectivity index (χ0v) is 8.81. The van der Waals surface area contributed by atoms with Crippen molar-refractivity contribution in [3.63, 3.8) is 0 Å². The molecule has 1 aromatic heterocycles. The van der Waals surface area contributed by atoms with Gasteiger partial charge in [0.25, 0.3) is 0 Å². The van der Waals surface area contributed by atoms with Crippen LogP contribution in [0.3, 0.4) is 0 Å². The summed E-state index contributed by atoms with van der Waals surface area (Å²) < 4.78 is 0.817. The number of nitrogens with two attached hydrogens (primary N) is 1. The lowest BCUT2D eigenvalue weighted by Crippen LogP contribution is -2.06. The number of aromatic nitrogens is 1. The minimum Gasteiger partial charge on any atom is -0.321 e. The van der Waals surface area contributed by atoms with Gasteiger partial charge in [-0.15, -0.1) is 19.0 Å². The third-order valence-electron chi connectivity index (χ3n) is 1.39. The minimum atomic E-state index is -0.115. The first-order chi connectivity index (χ1) is 5.24. The van der Waals surface area contributed by atoms with Crippen molar-refractivity contribution in [1.82, 2.24) is 4.98 Å². The molecule has 0 aliphatic heterocycles. The van der Waals surface area contributed by atoms with E-state index in [1.165, 1.54) is 0 Å². The first-order valence-electron chi connectivity index (χ1n) is 3.23. The molecule has 12 heavy (non-hydrogen) atoms. The van der Waals surface area contributed by atoms with Crippen molar-refractivity contribution in [2.75, 3.05) is 0 Å². The molecule has 4 heteroatoms. The van der Waals surface area contributed by atoms with Gasteiger partial charge in [0, 0.05) is 12.2 Å². The van der Waals surface area contributed by atoms with Gasteiger partial charge < -0.3 is 5.73 Å². The van der Waals surface area contributed by atoms with E-state index in [4.69, 9.17) is 5.73 Å². The van der Waals surface area contributed by atoms with Gasteiger partial charge in [-0.05, 0) is 27.6 Å². The van der Waals surface area contributed by atoms with E-state index in [2.05, 4.69) is 27.5 Å². The van der Waals surface area contributed by atoms with Crippen molar-refractivity contribution in [3.05, 3.63) is 41.2 Å². The first kappa shape index (κ1) is 11.6. The zero-order valence-electron chi connectivity index (χ0n) is 6.40. The van der Waals surface area contributed by atoms with Crippen LogP contribution in [0.2, 0.25) is 0 Å². The van der Waals surface area contributed by atoms with Crippen LogP contribution >= 0.6 is 28.3 Å². The van der Waals surface area contributed by atoms with E-state index in [1.54, 1.807) is 12.3 Å². The highest BCUT2D eigenvalue weighted by atomic mass is 79.9. The number of halogens is 2. The summed E-state index contributed by atoms with van der Waals surface area (Å²) in [6.07, 6.45) is 3.42. The van der Waals surface area contributed by atoms with E-state index < -0.39 is 0 Å². The highest BCUT2D eigenvalue weighted by Crippen LogP contribution is 2.12. The molecule has 1 atom stereocenters. The molecule has 0 saturated carbocycles. The van der Waals surface area contributed by atoms with Crippen LogP contribution in [0.4, 0.5) is 0 Å². The Morgan fingerprint density at radius 1 is 1.58 bits per heavy atom. The van der Waals surface area contributed by atoms with Crippen LogP contribution in [0.25, 0.3) is 0 Å². The van der Waals surface area contributed by atoms with Gasteiger partial charge in [-0.1, -0.05) is 12.1 Å². The van der Waals surface area contributed by atoms with Gasteiger partial charge >= 0.3 is 0 Å². The molecule has 2 N–H and O–H groups in total. The summed E-state index contributed by atoms with van der Waals surface area (Å²) in [6, 6.07) is 3.66. The summed E-state index contributed by atoms with van der Waals surface area (Å²) in [5.74, 6) is 0. The fourth-order valence-electron chi connectivity index (χ4n) is 0.721. The van der Waals surface area contributed by atoms with E-state index in [0.717, 1.165) is 10.2 Å². The number of nitrogens with zero attached hydrogens (tertiary/aromatic N) is 1. The van der Waals surface area contributed by atoms with Gasteiger partial charge in [-0.2, -0.15) is 0 Å². The molecule has 0 radical (unpaired) electrons. The first-order valence-corrected chi connectivity index (χ1v) is 4.03. The molecule has 0 amide bonds. The van der Waals surface area contributed by atoms with Gasteiger partial charge in [0.1, 0.15) is 4.60 Å². The van der Waals surface area contributed by atoms with Crippen molar-refractivity contribution in [1.29, 1.82) is 0 Å². The van der Waals surface area contributed by atoms with E-state index in [1.807, 2.05) is 12.1 Å². The van der Waals surface area contributed by atoms with Gasteiger partial charge in [-0.3, -0.25) is 0 Å². The van der Waals surface area contributed by atoms with E-state index in [9.17, 15) is 0 Å². The van der Waals surface area contributed by atoms with Crippen LogP contribution in [0.15, 0.2) is 35.6 Å². The molecule has 1 aromatic rings. The number of hydrogen-bond acceptors (Lipinski definition) is 2. The second-order valence-corrected chi connectivity index (χ2v) is 2.99. The maximum absolute atomic E-state index is 5.67. The number of rotatable bonds is 2. The molecule has 0 aromatic carbocycles. The van der Waals surface area contributed by atoms with Crippen molar-refractivity contribution in [2.24, 2.45) is 5.73 Å². The van der Waals surface area contributed by atoms with E-state index in [0.29, 0.717) is 0 Å². The molecule has 0 aliphatic carbocycles. The lowest BCUT2D eigenvalue weighted by atomic mass is 10.1. The molecule has 0 bridgehead atoms. The maximum Gasteiger partial charge on any atom is 0.106 e. The lowest BCUT2D eigenvalue weighted by Gasteiger charge is -2.04. The quantitative estimate of drug-likeness (QED) is 0.646. The van der Waals surface area contributed by atoms with Gasteiger partial charge in [-0.25, -0.2) is 4.98 Å². The fourth-order valence-corrected chi connectivity index (χ4v) is 0.955. The summed E-state index contributed by atoms with van der Waals surface area (Å²) in [7, 11) is 0. The Hall–Kier alpha value is -0.380. The average molecular weight is 250 g/mol. The molecular weight excluding hydrogens is 239 g/mol. The number of pyridine rings is 1. The summed E-state index contributed by atoms with van der Waals surface area (Å²) in [5, 5.41) is 0. The fraction of sp³-hybridized carbons (Fsp3) is 0.125. The van der Waals surface area contributed by atoms with Crippen molar-refractivity contribution in [2.45, 2.75) is 6.04 Å². The molecule has 1 rings (SSSR count). The SMILES string of the molecule is C=C[C@@H](N)c1ccc(Br)nc1.Cl. The summed E-state index contributed by atoms with van der Waals surface area (Å²) in [5.41, 5.74) is 6.65. The topological polar surface area (TPSA) is 38.9 Å². The van der Waals surface area contributed by atoms with Crippen molar-refractivity contribution < 1.29 is 0 Å². The van der Waals surface area contributed by atoms with Crippen LogP contribution in [0.5, 0.6) is 0 Å². The Balaban J connectivity index is 0.00000121. The van der Waals surface area contributed by atoms with E-state index >= 15 is 0 Å². The highest BCUT2D eigenvalue weighted by Gasteiger charge is 1.99. The third kappa shape index (κ3) is 2.93. The normalized spacial score (nSPS) is 11.5. The lowest BCUT2D eigenvalue weighted by molar-refractivity contribution is 0.902. The summed E-state index contributed by atoms with van der Waals surface area (Å²) in [6.45, 7) is 3.59. The van der Waals surface area contributed by atoms with Crippen LogP contribution in [0.1, 0.15) is 11.6 Å². The summed E-state index contributed by atoms with van der Waals surface area (Å²) in [4.78, 5) is 4.04. The molecule has 0 aliphatic rings. The maximum atomic E-state index is 5.67. The van der Waals surface area contributed by atoms with Crippen LogP contribution < -0.4 is 5.73 Å². The Labute approximate surface area is 86.4 Å².